The maximum atomic E-state index is 13.8. The number of hydrogen-bond acceptors (Lipinski definition) is 5. The Labute approximate surface area is 158 Å². The molecule has 1 aromatic heterocycles. The number of ether oxygens (including phenoxy) is 1. The van der Waals surface area contributed by atoms with E-state index in [2.05, 4.69) is 4.98 Å². The van der Waals surface area contributed by atoms with Gasteiger partial charge in [0.05, 0.1) is 4.70 Å². The lowest BCUT2D eigenvalue weighted by Gasteiger charge is -2.34. The molecule has 1 aliphatic rings. The van der Waals surface area contributed by atoms with Gasteiger partial charge in [0.2, 0.25) is 0 Å². The maximum absolute atomic E-state index is 13.8. The smallest absolute Gasteiger partial charge is 0.260 e. The number of nitrogens with zero attached hydrogens (tertiary/aromatic N) is 3. The molecule has 4 rings (SSSR count). The molecule has 3 aromatic rings. The topological polar surface area (TPSA) is 45.7 Å². The number of halogens is 2. The number of rotatable bonds is 4. The summed E-state index contributed by atoms with van der Waals surface area (Å²) in [7, 11) is 0. The van der Waals surface area contributed by atoms with Gasteiger partial charge >= 0.3 is 0 Å². The molecule has 2 aromatic carbocycles. The predicted octanol–water partition coefficient (Wildman–Crippen LogP) is 3.30. The van der Waals surface area contributed by atoms with Crippen molar-refractivity contribution in [1.29, 1.82) is 0 Å². The first-order valence-corrected chi connectivity index (χ1v) is 9.38. The molecule has 0 N–H and O–H groups in total. The average molecular weight is 389 g/mol. The zero-order chi connectivity index (χ0) is 18.8. The van der Waals surface area contributed by atoms with Crippen LogP contribution in [0.1, 0.15) is 0 Å². The van der Waals surface area contributed by atoms with Crippen molar-refractivity contribution >= 4 is 32.6 Å². The summed E-state index contributed by atoms with van der Waals surface area (Å²) >= 11 is 1.44. The van der Waals surface area contributed by atoms with Crippen LogP contribution in [0.4, 0.5) is 13.9 Å². The third-order valence-corrected chi connectivity index (χ3v) is 5.53. The van der Waals surface area contributed by atoms with E-state index in [-0.39, 0.29) is 24.1 Å². The lowest BCUT2D eigenvalue weighted by Crippen LogP contribution is -2.50. The lowest BCUT2D eigenvalue weighted by molar-refractivity contribution is -0.133. The molecular weight excluding hydrogens is 372 g/mol. The highest BCUT2D eigenvalue weighted by Gasteiger charge is 2.24. The van der Waals surface area contributed by atoms with Crippen LogP contribution >= 0.6 is 11.3 Å². The molecule has 27 heavy (non-hydrogen) atoms. The summed E-state index contributed by atoms with van der Waals surface area (Å²) in [6.45, 7) is 2.03. The van der Waals surface area contributed by atoms with Crippen LogP contribution in [0, 0.1) is 11.6 Å². The van der Waals surface area contributed by atoms with E-state index in [0.29, 0.717) is 31.7 Å². The van der Waals surface area contributed by atoms with Crippen molar-refractivity contribution in [1.82, 2.24) is 9.88 Å². The summed E-state index contributed by atoms with van der Waals surface area (Å²) < 4.78 is 33.5. The van der Waals surface area contributed by atoms with Crippen LogP contribution in [0.2, 0.25) is 0 Å². The SMILES string of the molecule is O=C(COc1ccccc1F)N1CCN(c2nc3c(F)cccc3s2)CC1. The Bertz CT molecular complexity index is 970. The molecule has 0 atom stereocenters. The number of fused-ring (bicyclic) bond motifs is 1. The molecule has 140 valence electrons. The molecule has 0 saturated carbocycles. The van der Waals surface area contributed by atoms with Crippen molar-refractivity contribution in [2.45, 2.75) is 0 Å². The van der Waals surface area contributed by atoms with E-state index in [9.17, 15) is 13.6 Å². The molecule has 2 heterocycles. The van der Waals surface area contributed by atoms with E-state index in [1.807, 2.05) is 11.0 Å². The summed E-state index contributed by atoms with van der Waals surface area (Å²) in [5.74, 6) is -0.929. The van der Waals surface area contributed by atoms with Crippen LogP contribution in [0.5, 0.6) is 5.75 Å². The number of carbonyl (C=O) groups is 1. The second-order valence-electron chi connectivity index (χ2n) is 6.17. The largest absolute Gasteiger partial charge is 0.481 e. The Balaban J connectivity index is 1.34. The van der Waals surface area contributed by atoms with Gasteiger partial charge in [-0.2, -0.15) is 0 Å². The number of amides is 1. The molecule has 0 unspecified atom stereocenters. The minimum absolute atomic E-state index is 0.0704. The quantitative estimate of drug-likeness (QED) is 0.687. The van der Waals surface area contributed by atoms with Gasteiger partial charge in [0.15, 0.2) is 23.3 Å². The fraction of sp³-hybridized carbons (Fsp3) is 0.263. The molecule has 5 nitrogen and oxygen atoms in total. The Kier molecular flexibility index (Phi) is 4.89. The van der Waals surface area contributed by atoms with Crippen LogP contribution in [0.15, 0.2) is 42.5 Å². The highest BCUT2D eigenvalue weighted by atomic mass is 32.1. The van der Waals surface area contributed by atoms with Crippen molar-refractivity contribution in [2.24, 2.45) is 0 Å². The minimum Gasteiger partial charge on any atom is -0.481 e. The highest BCUT2D eigenvalue weighted by Crippen LogP contribution is 2.30. The van der Waals surface area contributed by atoms with Gasteiger partial charge in [-0.3, -0.25) is 4.79 Å². The second kappa shape index (κ2) is 7.48. The molecular formula is C19H17F2N3O2S. The van der Waals surface area contributed by atoms with E-state index in [1.54, 1.807) is 23.1 Å². The van der Waals surface area contributed by atoms with E-state index >= 15 is 0 Å². The monoisotopic (exact) mass is 389 g/mol. The van der Waals surface area contributed by atoms with E-state index in [0.717, 1.165) is 9.83 Å². The van der Waals surface area contributed by atoms with Crippen molar-refractivity contribution in [3.05, 3.63) is 54.1 Å². The summed E-state index contributed by atoms with van der Waals surface area (Å²) in [4.78, 5) is 20.4. The van der Waals surface area contributed by atoms with Gasteiger partial charge < -0.3 is 14.5 Å². The molecule has 0 bridgehead atoms. The van der Waals surface area contributed by atoms with E-state index in [4.69, 9.17) is 4.74 Å². The van der Waals surface area contributed by atoms with Gasteiger partial charge in [0.25, 0.3) is 5.91 Å². The number of piperazine rings is 1. The van der Waals surface area contributed by atoms with E-state index < -0.39 is 5.82 Å². The molecule has 1 aliphatic heterocycles. The van der Waals surface area contributed by atoms with Crippen molar-refractivity contribution < 1.29 is 18.3 Å². The Morgan fingerprint density at radius 3 is 2.52 bits per heavy atom. The number of para-hydroxylation sites is 2. The lowest BCUT2D eigenvalue weighted by atomic mass is 10.3. The van der Waals surface area contributed by atoms with Crippen LogP contribution in [-0.2, 0) is 4.79 Å². The van der Waals surface area contributed by atoms with Gasteiger partial charge in [-0.1, -0.05) is 29.5 Å². The number of anilines is 1. The Morgan fingerprint density at radius 1 is 1.04 bits per heavy atom. The standard InChI is InChI=1S/C19H17F2N3O2S/c20-13-4-1-2-6-15(13)26-12-17(25)23-8-10-24(11-9-23)19-22-18-14(21)5-3-7-16(18)27-19/h1-7H,8-12H2. The van der Waals surface area contributed by atoms with Crippen molar-refractivity contribution in [3.8, 4) is 5.75 Å². The number of thiazole rings is 1. The second-order valence-corrected chi connectivity index (χ2v) is 7.18. The fourth-order valence-corrected chi connectivity index (χ4v) is 4.01. The number of benzene rings is 2. The third-order valence-electron chi connectivity index (χ3n) is 4.45. The fourth-order valence-electron chi connectivity index (χ4n) is 2.98. The van der Waals surface area contributed by atoms with Crippen LogP contribution in [0.25, 0.3) is 10.2 Å². The minimum atomic E-state index is -0.488. The Hall–Kier alpha value is -2.74. The predicted molar refractivity (Wildman–Crippen MR) is 100 cm³/mol. The van der Waals surface area contributed by atoms with E-state index in [1.165, 1.54) is 29.5 Å². The first-order valence-electron chi connectivity index (χ1n) is 8.57. The zero-order valence-corrected chi connectivity index (χ0v) is 15.2. The van der Waals surface area contributed by atoms with Crippen molar-refractivity contribution in [3.63, 3.8) is 0 Å². The molecule has 1 amide bonds. The van der Waals surface area contributed by atoms with Gasteiger partial charge in [-0.15, -0.1) is 0 Å². The number of hydrogen-bond donors (Lipinski definition) is 0. The first-order chi connectivity index (χ1) is 13.1. The molecule has 1 fully saturated rings. The molecule has 0 aliphatic carbocycles. The maximum Gasteiger partial charge on any atom is 0.260 e. The van der Waals surface area contributed by atoms with Crippen LogP contribution in [0.3, 0.4) is 0 Å². The summed E-state index contributed by atoms with van der Waals surface area (Å²) in [6.07, 6.45) is 0. The van der Waals surface area contributed by atoms with Gasteiger partial charge in [-0.05, 0) is 24.3 Å². The molecule has 0 radical (unpaired) electrons. The molecule has 8 heteroatoms. The summed E-state index contributed by atoms with van der Waals surface area (Å²) in [5, 5.41) is 0.754. The molecule has 1 saturated heterocycles. The summed E-state index contributed by atoms with van der Waals surface area (Å²) in [5.41, 5.74) is 0.384. The van der Waals surface area contributed by atoms with Gasteiger partial charge in [0.1, 0.15) is 11.3 Å². The third kappa shape index (κ3) is 3.71. The first kappa shape index (κ1) is 17.7. The average Bonchev–Trinajstić information content (AvgIpc) is 3.13. The van der Waals surface area contributed by atoms with Crippen LogP contribution in [-0.4, -0.2) is 48.6 Å². The number of carbonyl (C=O) groups excluding carboxylic acids is 1. The van der Waals surface area contributed by atoms with Gasteiger partial charge in [-0.25, -0.2) is 13.8 Å². The highest BCUT2D eigenvalue weighted by molar-refractivity contribution is 7.22. The van der Waals surface area contributed by atoms with Crippen LogP contribution < -0.4 is 9.64 Å². The van der Waals surface area contributed by atoms with Gasteiger partial charge in [0, 0.05) is 26.2 Å². The Morgan fingerprint density at radius 2 is 1.78 bits per heavy atom. The zero-order valence-electron chi connectivity index (χ0n) is 14.4. The molecule has 0 spiro atoms. The normalized spacial score (nSPS) is 14.6. The number of aromatic nitrogens is 1. The summed E-state index contributed by atoms with van der Waals surface area (Å²) in [6, 6.07) is 10.9. The van der Waals surface area contributed by atoms with Crippen molar-refractivity contribution in [2.75, 3.05) is 37.7 Å².